The van der Waals surface area contributed by atoms with Crippen molar-refractivity contribution in [3.63, 3.8) is 0 Å². The first-order valence-corrected chi connectivity index (χ1v) is 6.66. The average molecular weight is 278 g/mol. The van der Waals surface area contributed by atoms with Crippen LogP contribution >= 0.6 is 0 Å². The summed E-state index contributed by atoms with van der Waals surface area (Å²) in [7, 11) is 1.69. The highest BCUT2D eigenvalue weighted by Gasteiger charge is 2.14. The van der Waals surface area contributed by atoms with Crippen LogP contribution in [-0.4, -0.2) is 36.5 Å². The molecule has 0 fully saturated rings. The summed E-state index contributed by atoms with van der Waals surface area (Å²) in [5.74, 6) is -0.562. The van der Waals surface area contributed by atoms with E-state index in [1.165, 1.54) is 0 Å². The van der Waals surface area contributed by atoms with E-state index in [1.54, 1.807) is 24.1 Å². The lowest BCUT2D eigenvalue weighted by Crippen LogP contribution is -2.36. The molecule has 0 aliphatic heterocycles. The third kappa shape index (κ3) is 5.30. The summed E-state index contributed by atoms with van der Waals surface area (Å²) < 4.78 is 4.97. The van der Waals surface area contributed by atoms with Gasteiger partial charge in [0.15, 0.2) is 6.61 Å². The minimum atomic E-state index is -0.368. The molecule has 5 nitrogen and oxygen atoms in total. The number of rotatable bonds is 6. The fraction of sp³-hybridized carbons (Fsp3) is 0.467. The maximum atomic E-state index is 11.6. The van der Waals surface area contributed by atoms with Crippen molar-refractivity contribution in [2.75, 3.05) is 19.4 Å². The fourth-order valence-electron chi connectivity index (χ4n) is 1.53. The highest BCUT2D eigenvalue weighted by molar-refractivity contribution is 5.80. The Morgan fingerprint density at radius 2 is 1.85 bits per heavy atom. The summed E-state index contributed by atoms with van der Waals surface area (Å²) in [6.07, 6.45) is 0.829. The lowest BCUT2D eigenvalue weighted by atomic mass is 10.1. The Labute approximate surface area is 119 Å². The number of esters is 1. The zero-order valence-electron chi connectivity index (χ0n) is 12.3. The first-order chi connectivity index (χ1) is 9.40. The molecule has 1 aromatic carbocycles. The highest BCUT2D eigenvalue weighted by atomic mass is 16.5. The largest absolute Gasteiger partial charge is 0.456 e. The van der Waals surface area contributed by atoms with Crippen LogP contribution in [0.25, 0.3) is 0 Å². The van der Waals surface area contributed by atoms with Crippen molar-refractivity contribution in [1.29, 1.82) is 0 Å². The predicted octanol–water partition coefficient (Wildman–Crippen LogP) is 1.61. The second-order valence-electron chi connectivity index (χ2n) is 5.00. The van der Waals surface area contributed by atoms with Gasteiger partial charge in [0.05, 0.1) is 0 Å². The SMILES string of the molecule is CC(C)N(C)C(=O)COC(=O)CCc1ccc(N)cc1. The van der Waals surface area contributed by atoms with Gasteiger partial charge in [0, 0.05) is 25.2 Å². The zero-order chi connectivity index (χ0) is 15.1. The Morgan fingerprint density at radius 3 is 2.40 bits per heavy atom. The van der Waals surface area contributed by atoms with Crippen LogP contribution in [0.15, 0.2) is 24.3 Å². The summed E-state index contributed by atoms with van der Waals surface area (Å²) in [6.45, 7) is 3.61. The topological polar surface area (TPSA) is 72.6 Å². The minimum Gasteiger partial charge on any atom is -0.456 e. The number of likely N-dealkylation sites (N-methyl/N-ethyl adjacent to an activating group) is 1. The summed E-state index contributed by atoms with van der Waals surface area (Å²) in [6, 6.07) is 7.43. The van der Waals surface area contributed by atoms with Crippen molar-refractivity contribution in [1.82, 2.24) is 4.90 Å². The number of carbonyl (C=O) groups excluding carboxylic acids is 2. The number of nitrogens with zero attached hydrogens (tertiary/aromatic N) is 1. The number of carbonyl (C=O) groups is 2. The maximum Gasteiger partial charge on any atom is 0.306 e. The van der Waals surface area contributed by atoms with E-state index in [0.717, 1.165) is 5.56 Å². The Morgan fingerprint density at radius 1 is 1.25 bits per heavy atom. The van der Waals surface area contributed by atoms with Gasteiger partial charge in [0.1, 0.15) is 0 Å². The van der Waals surface area contributed by atoms with E-state index in [2.05, 4.69) is 0 Å². The second kappa shape index (κ2) is 7.53. The fourth-order valence-corrected chi connectivity index (χ4v) is 1.53. The lowest BCUT2D eigenvalue weighted by molar-refractivity contribution is -0.152. The van der Waals surface area contributed by atoms with E-state index in [4.69, 9.17) is 10.5 Å². The van der Waals surface area contributed by atoms with Crippen molar-refractivity contribution in [3.05, 3.63) is 29.8 Å². The van der Waals surface area contributed by atoms with Gasteiger partial charge in [-0.15, -0.1) is 0 Å². The molecule has 110 valence electrons. The van der Waals surface area contributed by atoms with E-state index in [0.29, 0.717) is 12.1 Å². The first kappa shape index (κ1) is 16.0. The Bertz CT molecular complexity index is 455. The number of aryl methyl sites for hydroxylation is 1. The summed E-state index contributed by atoms with van der Waals surface area (Å²) in [5, 5.41) is 0. The number of ether oxygens (including phenoxy) is 1. The minimum absolute atomic E-state index is 0.0935. The Balaban J connectivity index is 2.30. The second-order valence-corrected chi connectivity index (χ2v) is 5.00. The van der Waals surface area contributed by atoms with Crippen molar-refractivity contribution in [3.8, 4) is 0 Å². The number of anilines is 1. The smallest absolute Gasteiger partial charge is 0.306 e. The van der Waals surface area contributed by atoms with Crippen LogP contribution in [0.4, 0.5) is 5.69 Å². The molecule has 20 heavy (non-hydrogen) atoms. The Hall–Kier alpha value is -2.04. The van der Waals surface area contributed by atoms with Gasteiger partial charge in [0.25, 0.3) is 5.91 Å². The summed E-state index contributed by atoms with van der Waals surface area (Å²) >= 11 is 0. The van der Waals surface area contributed by atoms with Gasteiger partial charge in [0.2, 0.25) is 0 Å². The van der Waals surface area contributed by atoms with E-state index < -0.39 is 0 Å². The van der Waals surface area contributed by atoms with Gasteiger partial charge >= 0.3 is 5.97 Å². The molecule has 2 N–H and O–H groups in total. The van der Waals surface area contributed by atoms with Gasteiger partial charge in [-0.2, -0.15) is 0 Å². The standard InChI is InChI=1S/C15H22N2O3/c1-11(2)17(3)14(18)10-20-15(19)9-6-12-4-7-13(16)8-5-12/h4-5,7-8,11H,6,9-10,16H2,1-3H3. The molecule has 0 aromatic heterocycles. The number of benzene rings is 1. The van der Waals surface area contributed by atoms with Crippen molar-refractivity contribution >= 4 is 17.6 Å². The van der Waals surface area contributed by atoms with E-state index in [-0.39, 0.29) is 30.9 Å². The molecule has 0 saturated heterocycles. The number of amides is 1. The zero-order valence-corrected chi connectivity index (χ0v) is 12.3. The van der Waals surface area contributed by atoms with Crippen LogP contribution in [0.2, 0.25) is 0 Å². The third-order valence-corrected chi connectivity index (χ3v) is 3.12. The third-order valence-electron chi connectivity index (χ3n) is 3.12. The molecule has 0 saturated carbocycles. The number of nitrogens with two attached hydrogens (primary N) is 1. The molecule has 1 aromatic rings. The molecule has 1 rings (SSSR count). The highest BCUT2D eigenvalue weighted by Crippen LogP contribution is 2.08. The van der Waals surface area contributed by atoms with Gasteiger partial charge < -0.3 is 15.4 Å². The summed E-state index contributed by atoms with van der Waals surface area (Å²) in [5.41, 5.74) is 7.29. The first-order valence-electron chi connectivity index (χ1n) is 6.66. The van der Waals surface area contributed by atoms with E-state index in [1.807, 2.05) is 26.0 Å². The van der Waals surface area contributed by atoms with Gasteiger partial charge in [-0.3, -0.25) is 9.59 Å². The van der Waals surface area contributed by atoms with Crippen LogP contribution in [0.3, 0.4) is 0 Å². The molecule has 0 aliphatic carbocycles. The predicted molar refractivity (Wildman–Crippen MR) is 78.0 cm³/mol. The maximum absolute atomic E-state index is 11.6. The van der Waals surface area contributed by atoms with Gasteiger partial charge in [-0.1, -0.05) is 12.1 Å². The summed E-state index contributed by atoms with van der Waals surface area (Å²) in [4.78, 5) is 24.7. The molecule has 0 atom stereocenters. The van der Waals surface area contributed by atoms with Crippen LogP contribution in [0.5, 0.6) is 0 Å². The number of hydrogen-bond donors (Lipinski definition) is 1. The van der Waals surface area contributed by atoms with E-state index in [9.17, 15) is 9.59 Å². The van der Waals surface area contributed by atoms with Gasteiger partial charge in [-0.25, -0.2) is 0 Å². The molecule has 0 radical (unpaired) electrons. The lowest BCUT2D eigenvalue weighted by Gasteiger charge is -2.21. The van der Waals surface area contributed by atoms with Crippen molar-refractivity contribution in [2.45, 2.75) is 32.7 Å². The molecular weight excluding hydrogens is 256 g/mol. The van der Waals surface area contributed by atoms with Gasteiger partial charge in [-0.05, 0) is 38.0 Å². The molecule has 1 amide bonds. The molecule has 5 heteroatoms. The molecule has 0 aliphatic rings. The van der Waals surface area contributed by atoms with E-state index >= 15 is 0 Å². The molecule has 0 spiro atoms. The van der Waals surface area contributed by atoms with Crippen molar-refractivity contribution in [2.24, 2.45) is 0 Å². The molecule has 0 heterocycles. The van der Waals surface area contributed by atoms with Crippen LogP contribution < -0.4 is 5.73 Å². The average Bonchev–Trinajstić information content (AvgIpc) is 2.43. The molecular formula is C15H22N2O3. The Kier molecular flexibility index (Phi) is 6.03. The molecule has 0 bridgehead atoms. The van der Waals surface area contributed by atoms with Crippen molar-refractivity contribution < 1.29 is 14.3 Å². The monoisotopic (exact) mass is 278 g/mol. The van der Waals surface area contributed by atoms with Crippen LogP contribution in [0.1, 0.15) is 25.8 Å². The van der Waals surface area contributed by atoms with Crippen LogP contribution in [-0.2, 0) is 20.7 Å². The number of nitrogen functional groups attached to an aromatic ring is 1. The molecule has 0 unspecified atom stereocenters. The normalized spacial score (nSPS) is 10.4. The quantitative estimate of drug-likeness (QED) is 0.634. The van der Waals surface area contributed by atoms with Crippen LogP contribution in [0, 0.1) is 0 Å². The number of hydrogen-bond acceptors (Lipinski definition) is 4.